The molecule has 4 rings (SSSR count). The van der Waals surface area contributed by atoms with Gasteiger partial charge in [-0.1, -0.05) is 30.3 Å². The molecule has 0 radical (unpaired) electrons. The number of para-hydroxylation sites is 3. The Morgan fingerprint density at radius 1 is 0.862 bits per heavy atom. The number of rotatable bonds is 4. The van der Waals surface area contributed by atoms with Crippen molar-refractivity contribution in [1.82, 2.24) is 0 Å². The number of benzene rings is 3. The molecule has 29 heavy (non-hydrogen) atoms. The van der Waals surface area contributed by atoms with E-state index < -0.39 is 6.10 Å². The predicted molar refractivity (Wildman–Crippen MR) is 111 cm³/mol. The van der Waals surface area contributed by atoms with Crippen LogP contribution >= 0.6 is 0 Å². The summed E-state index contributed by atoms with van der Waals surface area (Å²) in [5.41, 5.74) is 2.83. The third kappa shape index (κ3) is 4.21. The molecule has 2 amide bonds. The van der Waals surface area contributed by atoms with Gasteiger partial charge >= 0.3 is 0 Å². The van der Waals surface area contributed by atoms with E-state index >= 15 is 0 Å². The number of amides is 2. The highest BCUT2D eigenvalue weighted by molar-refractivity contribution is 6.05. The molecule has 0 aliphatic carbocycles. The van der Waals surface area contributed by atoms with Crippen LogP contribution in [0.2, 0.25) is 0 Å². The van der Waals surface area contributed by atoms with Gasteiger partial charge in [-0.3, -0.25) is 9.59 Å². The first kappa shape index (κ1) is 18.6. The summed E-state index contributed by atoms with van der Waals surface area (Å²) in [5, 5.41) is 5.68. The van der Waals surface area contributed by atoms with E-state index in [-0.39, 0.29) is 18.4 Å². The second-order valence-electron chi connectivity index (χ2n) is 6.70. The molecular formula is C23H20N2O4. The van der Waals surface area contributed by atoms with Gasteiger partial charge in [0.2, 0.25) is 6.10 Å². The van der Waals surface area contributed by atoms with E-state index in [2.05, 4.69) is 10.6 Å². The summed E-state index contributed by atoms with van der Waals surface area (Å²) in [6.45, 7) is 2.07. The smallest absolute Gasteiger partial charge is 0.269 e. The maximum absolute atomic E-state index is 12.5. The number of hydrogen-bond acceptors (Lipinski definition) is 4. The van der Waals surface area contributed by atoms with Crippen LogP contribution in [0.5, 0.6) is 11.5 Å². The molecule has 146 valence electrons. The van der Waals surface area contributed by atoms with Gasteiger partial charge in [-0.05, 0) is 55.0 Å². The fraction of sp³-hybridized carbons (Fsp3) is 0.130. The molecule has 2 N–H and O–H groups in total. The summed E-state index contributed by atoms with van der Waals surface area (Å²) >= 11 is 0. The molecule has 0 saturated heterocycles. The summed E-state index contributed by atoms with van der Waals surface area (Å²) in [6, 6.07) is 21.5. The zero-order valence-corrected chi connectivity index (χ0v) is 15.8. The molecule has 0 aromatic heterocycles. The largest absolute Gasteiger partial charge is 0.485 e. The number of hydrogen-bond donors (Lipinski definition) is 2. The van der Waals surface area contributed by atoms with Crippen LogP contribution in [-0.2, 0) is 4.79 Å². The monoisotopic (exact) mass is 388 g/mol. The Morgan fingerprint density at radius 3 is 2.31 bits per heavy atom. The van der Waals surface area contributed by atoms with Crippen LogP contribution in [0.1, 0.15) is 15.9 Å². The van der Waals surface area contributed by atoms with Gasteiger partial charge < -0.3 is 20.1 Å². The second-order valence-corrected chi connectivity index (χ2v) is 6.70. The molecule has 0 bridgehead atoms. The highest BCUT2D eigenvalue weighted by atomic mass is 16.6. The number of nitrogens with one attached hydrogen (secondary N) is 2. The predicted octanol–water partition coefficient (Wildman–Crippen LogP) is 4.03. The minimum Gasteiger partial charge on any atom is -0.485 e. The topological polar surface area (TPSA) is 76.7 Å². The molecule has 6 heteroatoms. The lowest BCUT2D eigenvalue weighted by Gasteiger charge is -2.25. The molecule has 1 heterocycles. The van der Waals surface area contributed by atoms with Crippen molar-refractivity contribution >= 4 is 23.2 Å². The van der Waals surface area contributed by atoms with Gasteiger partial charge in [0, 0.05) is 16.9 Å². The van der Waals surface area contributed by atoms with Crippen molar-refractivity contribution in [3.8, 4) is 11.5 Å². The zero-order valence-electron chi connectivity index (χ0n) is 15.8. The Hall–Kier alpha value is -3.80. The SMILES string of the molecule is Cc1ccccc1NC(=O)c1ccc(NC(=O)[C@@H]2COc3ccccc3O2)cc1. The number of anilines is 2. The van der Waals surface area contributed by atoms with Crippen LogP contribution < -0.4 is 20.1 Å². The van der Waals surface area contributed by atoms with Crippen LogP contribution in [0.3, 0.4) is 0 Å². The van der Waals surface area contributed by atoms with Gasteiger partial charge in [-0.15, -0.1) is 0 Å². The van der Waals surface area contributed by atoms with Crippen molar-refractivity contribution in [3.63, 3.8) is 0 Å². The Kier molecular flexibility index (Phi) is 5.16. The average Bonchev–Trinajstić information content (AvgIpc) is 2.75. The van der Waals surface area contributed by atoms with E-state index in [4.69, 9.17) is 9.47 Å². The fourth-order valence-electron chi connectivity index (χ4n) is 2.98. The van der Waals surface area contributed by atoms with Crippen molar-refractivity contribution in [3.05, 3.63) is 83.9 Å². The molecule has 0 unspecified atom stereocenters. The van der Waals surface area contributed by atoms with Gasteiger partial charge in [-0.2, -0.15) is 0 Å². The standard InChI is InChI=1S/C23H20N2O4/c1-15-6-2-3-7-18(15)25-22(26)16-10-12-17(13-11-16)24-23(27)21-14-28-19-8-4-5-9-20(19)29-21/h2-13,21H,14H2,1H3,(H,24,27)(H,25,26)/t21-/m0/s1. The Labute approximate surface area is 168 Å². The van der Waals surface area contributed by atoms with Crippen LogP contribution in [0.25, 0.3) is 0 Å². The van der Waals surface area contributed by atoms with E-state index in [0.29, 0.717) is 22.7 Å². The Balaban J connectivity index is 1.38. The van der Waals surface area contributed by atoms with Gasteiger partial charge in [-0.25, -0.2) is 0 Å². The van der Waals surface area contributed by atoms with Gasteiger partial charge in [0.05, 0.1) is 0 Å². The first-order valence-electron chi connectivity index (χ1n) is 9.26. The van der Waals surface area contributed by atoms with E-state index in [0.717, 1.165) is 11.3 Å². The Bertz CT molecular complexity index is 1050. The number of carbonyl (C=O) groups is 2. The fourth-order valence-corrected chi connectivity index (χ4v) is 2.98. The molecule has 1 atom stereocenters. The van der Waals surface area contributed by atoms with Crippen LogP contribution in [0.4, 0.5) is 11.4 Å². The highest BCUT2D eigenvalue weighted by Crippen LogP contribution is 2.31. The van der Waals surface area contributed by atoms with Crippen molar-refractivity contribution < 1.29 is 19.1 Å². The molecule has 3 aromatic rings. The molecular weight excluding hydrogens is 368 g/mol. The lowest BCUT2D eigenvalue weighted by Crippen LogP contribution is -2.40. The molecule has 0 fully saturated rings. The maximum Gasteiger partial charge on any atom is 0.269 e. The van der Waals surface area contributed by atoms with Crippen LogP contribution in [-0.4, -0.2) is 24.5 Å². The van der Waals surface area contributed by atoms with Crippen LogP contribution in [0, 0.1) is 6.92 Å². The van der Waals surface area contributed by atoms with E-state index in [1.807, 2.05) is 43.3 Å². The molecule has 3 aromatic carbocycles. The van der Waals surface area contributed by atoms with E-state index in [1.165, 1.54) is 0 Å². The lowest BCUT2D eigenvalue weighted by atomic mass is 10.1. The summed E-state index contributed by atoms with van der Waals surface area (Å²) in [5.74, 6) is 0.650. The van der Waals surface area contributed by atoms with Gasteiger partial charge in [0.25, 0.3) is 11.8 Å². The van der Waals surface area contributed by atoms with Gasteiger partial charge in [0.1, 0.15) is 6.61 Å². The molecule has 6 nitrogen and oxygen atoms in total. The number of ether oxygens (including phenoxy) is 2. The van der Waals surface area contributed by atoms with E-state index in [1.54, 1.807) is 36.4 Å². The lowest BCUT2D eigenvalue weighted by molar-refractivity contribution is -0.125. The molecule has 1 aliphatic heterocycles. The zero-order chi connectivity index (χ0) is 20.2. The quantitative estimate of drug-likeness (QED) is 0.708. The number of fused-ring (bicyclic) bond motifs is 1. The Morgan fingerprint density at radius 2 is 1.55 bits per heavy atom. The third-order valence-corrected chi connectivity index (χ3v) is 4.61. The minimum absolute atomic E-state index is 0.139. The molecule has 0 spiro atoms. The van der Waals surface area contributed by atoms with Crippen molar-refractivity contribution in [2.45, 2.75) is 13.0 Å². The average molecular weight is 388 g/mol. The second kappa shape index (κ2) is 8.06. The molecule has 0 saturated carbocycles. The molecule has 1 aliphatic rings. The summed E-state index contributed by atoms with van der Waals surface area (Å²) in [7, 11) is 0. The van der Waals surface area contributed by atoms with Crippen molar-refractivity contribution in [1.29, 1.82) is 0 Å². The summed E-state index contributed by atoms with van der Waals surface area (Å²) < 4.78 is 11.3. The van der Waals surface area contributed by atoms with Crippen molar-refractivity contribution in [2.24, 2.45) is 0 Å². The maximum atomic E-state index is 12.5. The first-order valence-corrected chi connectivity index (χ1v) is 9.26. The van der Waals surface area contributed by atoms with E-state index in [9.17, 15) is 9.59 Å². The van der Waals surface area contributed by atoms with Gasteiger partial charge in [0.15, 0.2) is 11.5 Å². The number of carbonyl (C=O) groups excluding carboxylic acids is 2. The first-order chi connectivity index (χ1) is 14.1. The normalized spacial score (nSPS) is 14.7. The highest BCUT2D eigenvalue weighted by Gasteiger charge is 2.27. The summed E-state index contributed by atoms with van der Waals surface area (Å²) in [4.78, 5) is 24.9. The minimum atomic E-state index is -0.742. The number of aryl methyl sites for hydroxylation is 1. The van der Waals surface area contributed by atoms with Crippen LogP contribution in [0.15, 0.2) is 72.8 Å². The summed E-state index contributed by atoms with van der Waals surface area (Å²) in [6.07, 6.45) is -0.742. The van der Waals surface area contributed by atoms with Crippen molar-refractivity contribution in [2.75, 3.05) is 17.2 Å². The third-order valence-electron chi connectivity index (χ3n) is 4.61.